The first-order valence-corrected chi connectivity index (χ1v) is 6.86. The van der Waals surface area contributed by atoms with E-state index in [9.17, 15) is 4.21 Å². The van der Waals surface area contributed by atoms with E-state index in [1.54, 1.807) is 6.26 Å². The van der Waals surface area contributed by atoms with Gasteiger partial charge in [0, 0.05) is 54.1 Å². The Bertz CT molecular complexity index is 375. The molecule has 1 aliphatic rings. The molecular formula is C10H17N3OS. The van der Waals surface area contributed by atoms with Crippen LogP contribution in [0.1, 0.15) is 18.3 Å². The van der Waals surface area contributed by atoms with Crippen LogP contribution in [0.4, 0.5) is 0 Å². The van der Waals surface area contributed by atoms with Crippen LogP contribution in [-0.2, 0) is 30.3 Å². The SMILES string of the molecule is CC(Cn1cnc2c1CCNC2)S(C)=O. The molecule has 0 fully saturated rings. The maximum absolute atomic E-state index is 11.3. The minimum Gasteiger partial charge on any atom is -0.333 e. The average Bonchev–Trinajstić information content (AvgIpc) is 2.62. The maximum Gasteiger partial charge on any atom is 0.0952 e. The summed E-state index contributed by atoms with van der Waals surface area (Å²) in [7, 11) is -0.760. The van der Waals surface area contributed by atoms with Crippen molar-refractivity contribution in [3.05, 3.63) is 17.7 Å². The molecule has 4 nitrogen and oxygen atoms in total. The zero-order valence-corrected chi connectivity index (χ0v) is 10.0. The molecule has 0 saturated heterocycles. The molecule has 1 N–H and O–H groups in total. The summed E-state index contributed by atoms with van der Waals surface area (Å²) in [6.45, 7) is 4.71. The van der Waals surface area contributed by atoms with Gasteiger partial charge < -0.3 is 9.88 Å². The third-order valence-electron chi connectivity index (χ3n) is 2.88. The predicted octanol–water partition coefficient (Wildman–Crippen LogP) is 0.296. The van der Waals surface area contributed by atoms with E-state index in [0.717, 1.165) is 31.7 Å². The molecule has 0 saturated carbocycles. The second-order valence-corrected chi connectivity index (χ2v) is 5.83. The van der Waals surface area contributed by atoms with Gasteiger partial charge in [0.15, 0.2) is 0 Å². The molecule has 1 aliphatic heterocycles. The normalized spacial score (nSPS) is 19.6. The Morgan fingerprint density at radius 2 is 2.53 bits per heavy atom. The Hall–Kier alpha value is -0.680. The summed E-state index contributed by atoms with van der Waals surface area (Å²) in [5, 5.41) is 3.49. The summed E-state index contributed by atoms with van der Waals surface area (Å²) in [4.78, 5) is 4.37. The van der Waals surface area contributed by atoms with Crippen LogP contribution in [-0.4, -0.2) is 31.8 Å². The summed E-state index contributed by atoms with van der Waals surface area (Å²) >= 11 is 0. The first-order valence-electron chi connectivity index (χ1n) is 5.24. The molecule has 1 aromatic heterocycles. The quantitative estimate of drug-likeness (QED) is 0.807. The van der Waals surface area contributed by atoms with Crippen LogP contribution in [0.15, 0.2) is 6.33 Å². The predicted molar refractivity (Wildman–Crippen MR) is 61.2 cm³/mol. The second kappa shape index (κ2) is 4.45. The van der Waals surface area contributed by atoms with E-state index >= 15 is 0 Å². The maximum atomic E-state index is 11.3. The van der Waals surface area contributed by atoms with Crippen LogP contribution in [0.3, 0.4) is 0 Å². The van der Waals surface area contributed by atoms with Crippen molar-refractivity contribution in [1.29, 1.82) is 0 Å². The lowest BCUT2D eigenvalue weighted by molar-refractivity contribution is 0.579. The summed E-state index contributed by atoms with van der Waals surface area (Å²) in [6.07, 6.45) is 4.66. The second-order valence-electron chi connectivity index (χ2n) is 4.03. The van der Waals surface area contributed by atoms with Crippen LogP contribution in [0.5, 0.6) is 0 Å². The van der Waals surface area contributed by atoms with Gasteiger partial charge >= 0.3 is 0 Å². The molecule has 0 amide bonds. The Kier molecular flexibility index (Phi) is 3.21. The Morgan fingerprint density at radius 1 is 1.73 bits per heavy atom. The molecule has 84 valence electrons. The minimum absolute atomic E-state index is 0.193. The Morgan fingerprint density at radius 3 is 3.27 bits per heavy atom. The molecule has 0 radical (unpaired) electrons. The van der Waals surface area contributed by atoms with Gasteiger partial charge in [-0.25, -0.2) is 4.98 Å². The molecule has 2 unspecified atom stereocenters. The fourth-order valence-electron chi connectivity index (χ4n) is 1.84. The van der Waals surface area contributed by atoms with E-state index in [0.29, 0.717) is 0 Å². The fraction of sp³-hybridized carbons (Fsp3) is 0.700. The number of hydrogen-bond donors (Lipinski definition) is 1. The summed E-state index contributed by atoms with van der Waals surface area (Å²) < 4.78 is 13.5. The largest absolute Gasteiger partial charge is 0.333 e. The highest BCUT2D eigenvalue weighted by Crippen LogP contribution is 2.13. The number of rotatable bonds is 3. The fourth-order valence-corrected chi connectivity index (χ4v) is 2.21. The Balaban J connectivity index is 2.15. The third-order valence-corrected chi connectivity index (χ3v) is 4.17. The highest BCUT2D eigenvalue weighted by atomic mass is 32.2. The van der Waals surface area contributed by atoms with E-state index in [4.69, 9.17) is 0 Å². The summed E-state index contributed by atoms with van der Waals surface area (Å²) in [5.41, 5.74) is 2.46. The van der Waals surface area contributed by atoms with Gasteiger partial charge in [-0.15, -0.1) is 0 Å². The average molecular weight is 227 g/mol. The van der Waals surface area contributed by atoms with Crippen LogP contribution in [0, 0.1) is 0 Å². The van der Waals surface area contributed by atoms with Gasteiger partial charge in [0.25, 0.3) is 0 Å². The van der Waals surface area contributed by atoms with Gasteiger partial charge in [0.2, 0.25) is 0 Å². The van der Waals surface area contributed by atoms with Gasteiger partial charge in [-0.3, -0.25) is 4.21 Å². The van der Waals surface area contributed by atoms with Crippen molar-refractivity contribution in [3.8, 4) is 0 Å². The Labute approximate surface area is 92.5 Å². The van der Waals surface area contributed by atoms with E-state index in [-0.39, 0.29) is 5.25 Å². The number of hydrogen-bond acceptors (Lipinski definition) is 3. The lowest BCUT2D eigenvalue weighted by atomic mass is 10.2. The van der Waals surface area contributed by atoms with Gasteiger partial charge in [-0.1, -0.05) is 0 Å². The van der Waals surface area contributed by atoms with Crippen LogP contribution in [0.2, 0.25) is 0 Å². The van der Waals surface area contributed by atoms with E-state index in [1.165, 1.54) is 5.69 Å². The van der Waals surface area contributed by atoms with Crippen molar-refractivity contribution in [2.45, 2.75) is 31.7 Å². The van der Waals surface area contributed by atoms with Gasteiger partial charge in [0.1, 0.15) is 0 Å². The molecule has 2 rings (SSSR count). The first-order chi connectivity index (χ1) is 7.18. The van der Waals surface area contributed by atoms with Crippen LogP contribution in [0.25, 0.3) is 0 Å². The molecular weight excluding hydrogens is 210 g/mol. The van der Waals surface area contributed by atoms with E-state index < -0.39 is 10.8 Å². The molecule has 0 aromatic carbocycles. The molecule has 15 heavy (non-hydrogen) atoms. The monoisotopic (exact) mass is 227 g/mol. The third kappa shape index (κ3) is 2.29. The van der Waals surface area contributed by atoms with Gasteiger partial charge in [-0.2, -0.15) is 0 Å². The van der Waals surface area contributed by atoms with Crippen LogP contribution < -0.4 is 5.32 Å². The number of nitrogens with one attached hydrogen (secondary N) is 1. The molecule has 0 bridgehead atoms. The van der Waals surface area contributed by atoms with E-state index in [1.807, 2.05) is 13.3 Å². The zero-order valence-electron chi connectivity index (χ0n) is 9.19. The topological polar surface area (TPSA) is 46.9 Å². The highest BCUT2D eigenvalue weighted by Gasteiger charge is 2.16. The highest BCUT2D eigenvalue weighted by molar-refractivity contribution is 7.84. The van der Waals surface area contributed by atoms with Crippen LogP contribution >= 0.6 is 0 Å². The summed E-state index contributed by atoms with van der Waals surface area (Å²) in [5.74, 6) is 0. The van der Waals surface area contributed by atoms with Crippen molar-refractivity contribution in [1.82, 2.24) is 14.9 Å². The number of imidazole rings is 1. The molecule has 0 aliphatic carbocycles. The van der Waals surface area contributed by atoms with Crippen molar-refractivity contribution in [2.75, 3.05) is 12.8 Å². The van der Waals surface area contributed by atoms with Crippen molar-refractivity contribution in [3.63, 3.8) is 0 Å². The van der Waals surface area contributed by atoms with Crippen molar-refractivity contribution < 1.29 is 4.21 Å². The van der Waals surface area contributed by atoms with Gasteiger partial charge in [-0.05, 0) is 6.92 Å². The molecule has 2 atom stereocenters. The molecule has 0 spiro atoms. The zero-order chi connectivity index (χ0) is 10.8. The lowest BCUT2D eigenvalue weighted by Crippen LogP contribution is -2.26. The summed E-state index contributed by atoms with van der Waals surface area (Å²) in [6, 6.07) is 0. The van der Waals surface area contributed by atoms with Crippen molar-refractivity contribution >= 4 is 10.8 Å². The minimum atomic E-state index is -0.760. The van der Waals surface area contributed by atoms with E-state index in [2.05, 4.69) is 14.9 Å². The van der Waals surface area contributed by atoms with Crippen molar-refractivity contribution in [2.24, 2.45) is 0 Å². The number of nitrogens with zero attached hydrogens (tertiary/aromatic N) is 2. The first kappa shape index (κ1) is 10.8. The molecule has 1 aromatic rings. The standard InChI is InChI=1S/C10H17N3OS/c1-8(15(2)14)6-13-7-12-9-5-11-4-3-10(9)13/h7-8,11H,3-6H2,1-2H3. The lowest BCUT2D eigenvalue weighted by Gasteiger charge is -2.17. The van der Waals surface area contributed by atoms with Gasteiger partial charge in [0.05, 0.1) is 12.0 Å². The molecule has 5 heteroatoms. The number of aromatic nitrogens is 2. The number of fused-ring (bicyclic) bond motifs is 1. The smallest absolute Gasteiger partial charge is 0.0952 e. The molecule has 2 heterocycles.